The Morgan fingerprint density at radius 1 is 1.09 bits per heavy atom. The molecule has 0 atom stereocenters. The van der Waals surface area contributed by atoms with Crippen LogP contribution >= 0.6 is 0 Å². The molecule has 1 aliphatic carbocycles. The van der Waals surface area contributed by atoms with Crippen LogP contribution in [0.2, 0.25) is 0 Å². The first kappa shape index (κ1) is 25.5. The van der Waals surface area contributed by atoms with Gasteiger partial charge in [-0.3, -0.25) is 4.79 Å². The van der Waals surface area contributed by atoms with E-state index >= 15 is 0 Å². The summed E-state index contributed by atoms with van der Waals surface area (Å²) in [4.78, 5) is 11.0. The summed E-state index contributed by atoms with van der Waals surface area (Å²) in [5.41, 5.74) is 10.3. The smallest absolute Gasteiger partial charge is 0.216 e. The fraction of sp³-hybridized carbons (Fsp3) is 0.367. The van der Waals surface area contributed by atoms with Crippen molar-refractivity contribution in [3.05, 3.63) is 94.1 Å². The van der Waals surface area contributed by atoms with E-state index < -0.39 is 0 Å². The van der Waals surface area contributed by atoms with Gasteiger partial charge in [0.15, 0.2) is 0 Å². The SMILES string of the molecule is C=C/C=C\C=C(/C)c1cccc(COc2c(C)cc(CNCCNC(C)=O)c3c2CCC3)c1C. The van der Waals surface area contributed by atoms with Crippen LogP contribution < -0.4 is 15.4 Å². The van der Waals surface area contributed by atoms with Crippen LogP contribution in [0.25, 0.3) is 5.57 Å². The second-order valence-electron chi connectivity index (χ2n) is 9.00. The molecule has 0 bridgehead atoms. The average Bonchev–Trinajstić information content (AvgIpc) is 3.29. The van der Waals surface area contributed by atoms with Gasteiger partial charge in [-0.25, -0.2) is 0 Å². The van der Waals surface area contributed by atoms with Crippen molar-refractivity contribution < 1.29 is 9.53 Å². The topological polar surface area (TPSA) is 50.4 Å². The molecular weight excluding hydrogens is 420 g/mol. The summed E-state index contributed by atoms with van der Waals surface area (Å²) >= 11 is 0. The van der Waals surface area contributed by atoms with Gasteiger partial charge in [0.1, 0.15) is 12.4 Å². The summed E-state index contributed by atoms with van der Waals surface area (Å²) in [6.45, 7) is 14.5. The lowest BCUT2D eigenvalue weighted by molar-refractivity contribution is -0.118. The van der Waals surface area contributed by atoms with Crippen LogP contribution in [0.1, 0.15) is 59.2 Å². The molecule has 0 unspecified atom stereocenters. The minimum atomic E-state index is 0.0107. The highest BCUT2D eigenvalue weighted by Gasteiger charge is 2.22. The average molecular weight is 459 g/mol. The van der Waals surface area contributed by atoms with Gasteiger partial charge in [-0.15, -0.1) is 0 Å². The number of benzene rings is 2. The molecule has 0 aromatic heterocycles. The first-order chi connectivity index (χ1) is 16.4. The van der Waals surface area contributed by atoms with Crippen molar-refractivity contribution in [2.24, 2.45) is 0 Å². The monoisotopic (exact) mass is 458 g/mol. The highest BCUT2D eigenvalue weighted by molar-refractivity contribution is 5.72. The number of amides is 1. The molecule has 2 aromatic rings. The maximum atomic E-state index is 11.0. The number of hydrogen-bond donors (Lipinski definition) is 2. The van der Waals surface area contributed by atoms with E-state index in [-0.39, 0.29) is 5.91 Å². The Labute approximate surface area is 204 Å². The zero-order valence-corrected chi connectivity index (χ0v) is 21.1. The van der Waals surface area contributed by atoms with Crippen molar-refractivity contribution in [1.82, 2.24) is 10.6 Å². The lowest BCUT2D eigenvalue weighted by Crippen LogP contribution is -2.30. The molecule has 0 radical (unpaired) electrons. The van der Waals surface area contributed by atoms with Gasteiger partial charge in [-0.05, 0) is 84.6 Å². The van der Waals surface area contributed by atoms with Crippen molar-refractivity contribution in [2.45, 2.75) is 60.1 Å². The standard InChI is InChI=1S/C30H38N2O2/c1-6-7-8-11-21(2)27-13-9-12-25(23(27)4)20-34-30-22(3)18-26(28-14-10-15-29(28)30)19-31-16-17-32-24(5)33/h6-9,11-13,18,31H,1,10,14-17,19-20H2,2-5H3,(H,32,33)/b8-7-,21-11+. The Balaban J connectivity index is 1.73. The van der Waals surface area contributed by atoms with Crippen LogP contribution in [0.15, 0.2) is 55.1 Å². The van der Waals surface area contributed by atoms with Gasteiger partial charge < -0.3 is 15.4 Å². The number of allylic oxidation sites excluding steroid dienone is 5. The van der Waals surface area contributed by atoms with Crippen LogP contribution in [0.3, 0.4) is 0 Å². The molecule has 0 fully saturated rings. The van der Waals surface area contributed by atoms with Crippen LogP contribution in [-0.4, -0.2) is 19.0 Å². The Hall–Kier alpha value is -3.11. The lowest BCUT2D eigenvalue weighted by atomic mass is 9.96. The molecule has 0 saturated carbocycles. The molecule has 1 amide bonds. The van der Waals surface area contributed by atoms with Gasteiger partial charge in [-0.1, -0.05) is 55.1 Å². The van der Waals surface area contributed by atoms with E-state index in [4.69, 9.17) is 4.74 Å². The van der Waals surface area contributed by atoms with Gasteiger partial charge >= 0.3 is 0 Å². The maximum Gasteiger partial charge on any atom is 0.216 e. The predicted octanol–water partition coefficient (Wildman–Crippen LogP) is 5.74. The number of carbonyl (C=O) groups excluding carboxylic acids is 1. The first-order valence-electron chi connectivity index (χ1n) is 12.2. The van der Waals surface area contributed by atoms with E-state index in [2.05, 4.69) is 68.3 Å². The highest BCUT2D eigenvalue weighted by Crippen LogP contribution is 2.37. The zero-order chi connectivity index (χ0) is 24.5. The molecule has 180 valence electrons. The summed E-state index contributed by atoms with van der Waals surface area (Å²) in [6, 6.07) is 8.72. The fourth-order valence-electron chi connectivity index (χ4n) is 4.69. The molecule has 34 heavy (non-hydrogen) atoms. The van der Waals surface area contributed by atoms with Gasteiger partial charge in [-0.2, -0.15) is 0 Å². The summed E-state index contributed by atoms with van der Waals surface area (Å²) < 4.78 is 6.49. The van der Waals surface area contributed by atoms with E-state index in [1.165, 1.54) is 50.9 Å². The second kappa shape index (κ2) is 12.4. The van der Waals surface area contributed by atoms with Crippen molar-refractivity contribution >= 4 is 11.5 Å². The maximum absolute atomic E-state index is 11.0. The lowest BCUT2D eigenvalue weighted by Gasteiger charge is -2.19. The third-order valence-corrected chi connectivity index (χ3v) is 6.46. The Bertz CT molecular complexity index is 1100. The van der Waals surface area contributed by atoms with Crippen LogP contribution in [0, 0.1) is 13.8 Å². The summed E-state index contributed by atoms with van der Waals surface area (Å²) in [5, 5.41) is 6.30. The van der Waals surface area contributed by atoms with E-state index in [1.807, 2.05) is 12.2 Å². The van der Waals surface area contributed by atoms with E-state index in [9.17, 15) is 4.79 Å². The predicted molar refractivity (Wildman–Crippen MR) is 142 cm³/mol. The van der Waals surface area contributed by atoms with Crippen molar-refractivity contribution in [3.8, 4) is 5.75 Å². The number of hydrogen-bond acceptors (Lipinski definition) is 3. The number of fused-ring (bicyclic) bond motifs is 1. The third kappa shape index (κ3) is 6.48. The normalized spacial score (nSPS) is 13.2. The van der Waals surface area contributed by atoms with Crippen molar-refractivity contribution in [1.29, 1.82) is 0 Å². The van der Waals surface area contributed by atoms with Crippen LogP contribution in [0.5, 0.6) is 5.75 Å². The molecule has 0 spiro atoms. The highest BCUT2D eigenvalue weighted by atomic mass is 16.5. The summed E-state index contributed by atoms with van der Waals surface area (Å²) in [7, 11) is 0. The van der Waals surface area contributed by atoms with Crippen LogP contribution in [-0.2, 0) is 30.8 Å². The molecule has 0 aliphatic heterocycles. The van der Waals surface area contributed by atoms with E-state index in [1.54, 1.807) is 13.0 Å². The molecule has 0 saturated heterocycles. The van der Waals surface area contributed by atoms with Gasteiger partial charge in [0.25, 0.3) is 0 Å². The Morgan fingerprint density at radius 2 is 1.88 bits per heavy atom. The second-order valence-corrected chi connectivity index (χ2v) is 9.00. The first-order valence-corrected chi connectivity index (χ1v) is 12.2. The van der Waals surface area contributed by atoms with Crippen molar-refractivity contribution in [2.75, 3.05) is 13.1 Å². The molecule has 4 heteroatoms. The number of carbonyl (C=O) groups is 1. The largest absolute Gasteiger partial charge is 0.488 e. The molecular formula is C30H38N2O2. The minimum Gasteiger partial charge on any atom is -0.488 e. The number of nitrogens with one attached hydrogen (secondary N) is 2. The molecule has 2 aromatic carbocycles. The third-order valence-electron chi connectivity index (χ3n) is 6.46. The Morgan fingerprint density at radius 3 is 2.65 bits per heavy atom. The molecule has 2 N–H and O–H groups in total. The Kier molecular flexibility index (Phi) is 9.29. The molecule has 1 aliphatic rings. The van der Waals surface area contributed by atoms with Gasteiger partial charge in [0.2, 0.25) is 5.91 Å². The molecule has 4 nitrogen and oxygen atoms in total. The number of rotatable bonds is 11. The summed E-state index contributed by atoms with van der Waals surface area (Å²) in [5.74, 6) is 1.07. The van der Waals surface area contributed by atoms with Gasteiger partial charge in [0.05, 0.1) is 0 Å². The van der Waals surface area contributed by atoms with E-state index in [0.717, 1.165) is 31.7 Å². The fourth-order valence-corrected chi connectivity index (χ4v) is 4.69. The van der Waals surface area contributed by atoms with E-state index in [0.29, 0.717) is 13.2 Å². The van der Waals surface area contributed by atoms with Crippen molar-refractivity contribution in [3.63, 3.8) is 0 Å². The zero-order valence-electron chi connectivity index (χ0n) is 21.1. The minimum absolute atomic E-state index is 0.0107. The quantitative estimate of drug-likeness (QED) is 0.333. The number of ether oxygens (including phenoxy) is 1. The molecule has 0 heterocycles. The van der Waals surface area contributed by atoms with Crippen LogP contribution in [0.4, 0.5) is 0 Å². The van der Waals surface area contributed by atoms with Gasteiger partial charge in [0, 0.05) is 26.6 Å². The summed E-state index contributed by atoms with van der Waals surface area (Å²) in [6.07, 6.45) is 11.2. The number of aryl methyl sites for hydroxylation is 1. The molecule has 3 rings (SSSR count).